The Hall–Kier alpha value is -3.37. The first-order valence-electron chi connectivity index (χ1n) is 8.77. The van der Waals surface area contributed by atoms with Crippen LogP contribution in [0.5, 0.6) is 0 Å². The zero-order valence-electron chi connectivity index (χ0n) is 15.6. The fraction of sp³-hybridized carbons (Fsp3) is 0.100. The van der Waals surface area contributed by atoms with Gasteiger partial charge in [-0.1, -0.05) is 30.0 Å². The number of nitrogens with one attached hydrogen (secondary N) is 2. The minimum atomic E-state index is -1.14. The van der Waals surface area contributed by atoms with Crippen LogP contribution in [0.15, 0.2) is 56.8 Å². The molecular weight excluding hydrogens is 426 g/mol. The third-order valence-corrected chi connectivity index (χ3v) is 6.32. The number of aromatic carboxylic acids is 1. The van der Waals surface area contributed by atoms with Gasteiger partial charge in [-0.15, -0.1) is 11.3 Å². The number of aryl methyl sites for hydroxylation is 1. The van der Waals surface area contributed by atoms with Crippen LogP contribution < -0.4 is 10.9 Å². The third-order valence-electron chi connectivity index (χ3n) is 4.24. The van der Waals surface area contributed by atoms with Crippen LogP contribution in [0, 0.1) is 6.92 Å². The Morgan fingerprint density at radius 2 is 2.00 bits per heavy atom. The summed E-state index contributed by atoms with van der Waals surface area (Å²) < 4.78 is 5.21. The molecule has 30 heavy (non-hydrogen) atoms. The first-order valence-corrected chi connectivity index (χ1v) is 10.6. The largest absolute Gasteiger partial charge is 0.475 e. The van der Waals surface area contributed by atoms with Crippen molar-refractivity contribution < 1.29 is 19.1 Å². The van der Waals surface area contributed by atoms with Gasteiger partial charge in [-0.3, -0.25) is 9.59 Å². The average molecular weight is 441 g/mol. The van der Waals surface area contributed by atoms with Gasteiger partial charge in [-0.05, 0) is 36.8 Å². The quantitative estimate of drug-likeness (QED) is 0.303. The van der Waals surface area contributed by atoms with Crippen molar-refractivity contribution in [2.45, 2.75) is 17.8 Å². The van der Waals surface area contributed by atoms with Gasteiger partial charge < -0.3 is 19.8 Å². The molecule has 1 amide bonds. The van der Waals surface area contributed by atoms with E-state index in [-0.39, 0.29) is 17.2 Å². The van der Waals surface area contributed by atoms with Crippen LogP contribution in [-0.4, -0.2) is 27.0 Å². The number of carboxylic acids is 1. The van der Waals surface area contributed by atoms with Crippen molar-refractivity contribution >= 4 is 50.9 Å². The molecule has 8 nitrogen and oxygen atoms in total. The second-order valence-electron chi connectivity index (χ2n) is 6.29. The van der Waals surface area contributed by atoms with E-state index in [0.29, 0.717) is 43.0 Å². The Balaban J connectivity index is 1.58. The zero-order valence-corrected chi connectivity index (χ0v) is 17.2. The summed E-state index contributed by atoms with van der Waals surface area (Å²) in [4.78, 5) is 44.2. The Bertz CT molecular complexity index is 1310. The summed E-state index contributed by atoms with van der Waals surface area (Å²) in [6.07, 6.45) is 0. The lowest BCUT2D eigenvalue weighted by molar-refractivity contribution is 0.0660. The molecule has 0 aliphatic rings. The van der Waals surface area contributed by atoms with Crippen molar-refractivity contribution in [3.05, 3.63) is 74.8 Å². The normalized spacial score (nSPS) is 11.0. The van der Waals surface area contributed by atoms with Gasteiger partial charge in [0.1, 0.15) is 10.6 Å². The van der Waals surface area contributed by atoms with E-state index in [1.54, 1.807) is 25.1 Å². The van der Waals surface area contributed by atoms with Crippen molar-refractivity contribution in [1.82, 2.24) is 9.97 Å². The Morgan fingerprint density at radius 1 is 1.23 bits per heavy atom. The van der Waals surface area contributed by atoms with Crippen LogP contribution in [0.2, 0.25) is 0 Å². The van der Waals surface area contributed by atoms with E-state index in [2.05, 4.69) is 15.3 Å². The number of carboxylic acid groups (broad SMARTS) is 1. The van der Waals surface area contributed by atoms with E-state index in [4.69, 9.17) is 9.52 Å². The lowest BCUT2D eigenvalue weighted by atomic mass is 10.2. The molecule has 0 atom stereocenters. The molecule has 3 heterocycles. The first-order chi connectivity index (χ1) is 14.4. The maximum atomic E-state index is 12.7. The highest BCUT2D eigenvalue weighted by molar-refractivity contribution is 7.98. The zero-order chi connectivity index (χ0) is 21.3. The molecule has 3 aromatic heterocycles. The number of hydrogen-bond donors (Lipinski definition) is 3. The number of furan rings is 1. The van der Waals surface area contributed by atoms with Crippen molar-refractivity contribution in [2.24, 2.45) is 0 Å². The van der Waals surface area contributed by atoms with E-state index >= 15 is 0 Å². The number of carbonyl (C=O) groups is 2. The van der Waals surface area contributed by atoms with Crippen LogP contribution in [0.4, 0.5) is 5.69 Å². The second-order valence-corrected chi connectivity index (χ2v) is 8.25. The predicted molar refractivity (Wildman–Crippen MR) is 115 cm³/mol. The molecule has 3 N–H and O–H groups in total. The van der Waals surface area contributed by atoms with Gasteiger partial charge in [-0.25, -0.2) is 9.78 Å². The van der Waals surface area contributed by atoms with E-state index in [9.17, 15) is 14.4 Å². The van der Waals surface area contributed by atoms with Gasteiger partial charge >= 0.3 is 5.97 Å². The number of anilines is 1. The molecule has 0 aliphatic carbocycles. The number of carbonyl (C=O) groups excluding carboxylic acids is 1. The lowest BCUT2D eigenvalue weighted by Gasteiger charge is -2.03. The average Bonchev–Trinajstić information content (AvgIpc) is 3.32. The number of thioether (sulfide) groups is 1. The number of hydrogen-bond acceptors (Lipinski definition) is 7. The standard InChI is InChI=1S/C20H15N3O5S2/c1-10-14-16(24)22-20(29-9-12-7-8-13(28-12)19(26)27)23-18(14)30-15(10)17(25)21-11-5-3-2-4-6-11/h2-8H,9H2,1H3,(H,21,25)(H,26,27)(H,22,23,24). The van der Waals surface area contributed by atoms with Gasteiger partial charge in [0.05, 0.1) is 16.0 Å². The summed E-state index contributed by atoms with van der Waals surface area (Å²) in [5.74, 6) is -0.842. The molecule has 0 unspecified atom stereocenters. The van der Waals surface area contributed by atoms with Gasteiger partial charge in [0, 0.05) is 5.69 Å². The number of fused-ring (bicyclic) bond motifs is 1. The lowest BCUT2D eigenvalue weighted by Crippen LogP contribution is -2.12. The number of H-pyrrole nitrogens is 1. The molecule has 0 radical (unpaired) electrons. The van der Waals surface area contributed by atoms with Crippen LogP contribution >= 0.6 is 23.1 Å². The molecule has 0 saturated carbocycles. The fourth-order valence-corrected chi connectivity index (χ4v) is 4.72. The van der Waals surface area contributed by atoms with Gasteiger partial charge in [0.25, 0.3) is 11.5 Å². The Labute approximate surface area is 178 Å². The minimum absolute atomic E-state index is 0.148. The number of rotatable bonds is 6. The minimum Gasteiger partial charge on any atom is -0.475 e. The fourth-order valence-electron chi connectivity index (χ4n) is 2.83. The van der Waals surface area contributed by atoms with Crippen LogP contribution in [0.3, 0.4) is 0 Å². The number of amides is 1. The predicted octanol–water partition coefficient (Wildman–Crippen LogP) is 4.13. The maximum absolute atomic E-state index is 12.7. The van der Waals surface area contributed by atoms with E-state index in [1.807, 2.05) is 18.2 Å². The third kappa shape index (κ3) is 4.00. The molecule has 0 bridgehead atoms. The number of aromatic amines is 1. The highest BCUT2D eigenvalue weighted by Crippen LogP contribution is 2.30. The topological polar surface area (TPSA) is 125 Å². The maximum Gasteiger partial charge on any atom is 0.371 e. The summed E-state index contributed by atoms with van der Waals surface area (Å²) in [6, 6.07) is 12.0. The van der Waals surface area contributed by atoms with E-state index in [1.165, 1.54) is 17.8 Å². The molecule has 0 aliphatic heterocycles. The Kier molecular flexibility index (Phi) is 5.42. The Morgan fingerprint density at radius 3 is 2.70 bits per heavy atom. The summed E-state index contributed by atoms with van der Waals surface area (Å²) in [7, 11) is 0. The summed E-state index contributed by atoms with van der Waals surface area (Å²) in [5, 5.41) is 12.5. The van der Waals surface area contributed by atoms with Crippen molar-refractivity contribution in [3.63, 3.8) is 0 Å². The molecule has 0 saturated heterocycles. The monoisotopic (exact) mass is 441 g/mol. The number of para-hydroxylation sites is 1. The van der Waals surface area contributed by atoms with Crippen LogP contribution in [0.1, 0.15) is 31.6 Å². The molecule has 0 fully saturated rings. The van der Waals surface area contributed by atoms with Crippen molar-refractivity contribution in [3.8, 4) is 0 Å². The molecule has 10 heteroatoms. The van der Waals surface area contributed by atoms with Gasteiger partial charge in [-0.2, -0.15) is 0 Å². The highest BCUT2D eigenvalue weighted by atomic mass is 32.2. The molecule has 0 spiro atoms. The number of benzene rings is 1. The van der Waals surface area contributed by atoms with Gasteiger partial charge in [0.15, 0.2) is 5.16 Å². The summed E-state index contributed by atoms with van der Waals surface area (Å²) in [6.45, 7) is 1.72. The molecule has 4 aromatic rings. The van der Waals surface area contributed by atoms with E-state index < -0.39 is 5.97 Å². The van der Waals surface area contributed by atoms with E-state index in [0.717, 1.165) is 11.3 Å². The highest BCUT2D eigenvalue weighted by Gasteiger charge is 2.20. The van der Waals surface area contributed by atoms with Crippen molar-refractivity contribution in [2.75, 3.05) is 5.32 Å². The molecule has 152 valence electrons. The first kappa shape index (κ1) is 19.9. The summed E-state index contributed by atoms with van der Waals surface area (Å²) in [5.41, 5.74) is 0.906. The summed E-state index contributed by atoms with van der Waals surface area (Å²) >= 11 is 2.36. The molecule has 4 rings (SSSR count). The second kappa shape index (κ2) is 8.17. The SMILES string of the molecule is Cc1c(C(=O)Nc2ccccc2)sc2nc(SCc3ccc(C(=O)O)o3)[nH]c(=O)c12. The molecule has 1 aromatic carbocycles. The van der Waals surface area contributed by atoms with Crippen LogP contribution in [0.25, 0.3) is 10.2 Å². The van der Waals surface area contributed by atoms with Crippen LogP contribution in [-0.2, 0) is 5.75 Å². The number of nitrogens with zero attached hydrogens (tertiary/aromatic N) is 1. The molecular formula is C20H15N3O5S2. The number of thiophene rings is 1. The van der Waals surface area contributed by atoms with Gasteiger partial charge in [0.2, 0.25) is 5.76 Å². The van der Waals surface area contributed by atoms with Crippen molar-refractivity contribution in [1.29, 1.82) is 0 Å². The smallest absolute Gasteiger partial charge is 0.371 e. The number of aromatic nitrogens is 2.